The van der Waals surface area contributed by atoms with Crippen LogP contribution >= 0.6 is 0 Å². The number of nitrogens with zero attached hydrogens (tertiary/aromatic N) is 1. The van der Waals surface area contributed by atoms with Crippen LogP contribution in [0.5, 0.6) is 0 Å². The van der Waals surface area contributed by atoms with Crippen molar-refractivity contribution in [2.75, 3.05) is 0 Å². The Morgan fingerprint density at radius 3 is 2.71 bits per heavy atom. The van der Waals surface area contributed by atoms with Crippen molar-refractivity contribution in [2.45, 2.75) is 46.0 Å². The van der Waals surface area contributed by atoms with Gasteiger partial charge in [0.15, 0.2) is 0 Å². The lowest BCUT2D eigenvalue weighted by molar-refractivity contribution is 0.844. The standard InChI is InChI=1S/C16H19N/c1-10(2)15-14-7-4-6-12(14)11(3)13-8-5-9-17-16(13)15/h5,8-10H,4,6-7H2,1-3H3. The predicted molar refractivity (Wildman–Crippen MR) is 72.6 cm³/mol. The molecule has 1 heterocycles. The van der Waals surface area contributed by atoms with Crippen molar-refractivity contribution in [3.8, 4) is 0 Å². The molecule has 17 heavy (non-hydrogen) atoms. The highest BCUT2D eigenvalue weighted by Gasteiger charge is 2.22. The fraction of sp³-hybridized carbons (Fsp3) is 0.438. The molecule has 0 saturated heterocycles. The number of hydrogen-bond donors (Lipinski definition) is 0. The molecular weight excluding hydrogens is 206 g/mol. The minimum atomic E-state index is 0.569. The summed E-state index contributed by atoms with van der Waals surface area (Å²) >= 11 is 0. The van der Waals surface area contributed by atoms with Gasteiger partial charge in [-0.2, -0.15) is 0 Å². The normalized spacial score (nSPS) is 14.6. The number of pyridine rings is 1. The number of benzene rings is 1. The molecular formula is C16H19N. The van der Waals surface area contributed by atoms with E-state index < -0.39 is 0 Å². The van der Waals surface area contributed by atoms with Crippen molar-refractivity contribution < 1.29 is 0 Å². The zero-order chi connectivity index (χ0) is 12.0. The van der Waals surface area contributed by atoms with E-state index >= 15 is 0 Å². The van der Waals surface area contributed by atoms with E-state index in [9.17, 15) is 0 Å². The number of aryl methyl sites for hydroxylation is 1. The first-order valence-electron chi connectivity index (χ1n) is 6.59. The van der Waals surface area contributed by atoms with E-state index in [1.807, 2.05) is 6.20 Å². The van der Waals surface area contributed by atoms with Crippen LogP contribution in [0.3, 0.4) is 0 Å². The zero-order valence-electron chi connectivity index (χ0n) is 10.9. The van der Waals surface area contributed by atoms with E-state index in [-0.39, 0.29) is 0 Å². The van der Waals surface area contributed by atoms with Gasteiger partial charge in [0.05, 0.1) is 5.52 Å². The fourth-order valence-corrected chi connectivity index (χ4v) is 3.30. The van der Waals surface area contributed by atoms with Gasteiger partial charge in [-0.3, -0.25) is 4.98 Å². The van der Waals surface area contributed by atoms with Gasteiger partial charge in [0.25, 0.3) is 0 Å². The Morgan fingerprint density at radius 1 is 1.18 bits per heavy atom. The van der Waals surface area contributed by atoms with Gasteiger partial charge in [-0.1, -0.05) is 19.9 Å². The minimum Gasteiger partial charge on any atom is -0.256 e. The monoisotopic (exact) mass is 225 g/mol. The Balaban J connectivity index is 2.48. The van der Waals surface area contributed by atoms with Crippen LogP contribution < -0.4 is 0 Å². The zero-order valence-corrected chi connectivity index (χ0v) is 10.9. The number of fused-ring (bicyclic) bond motifs is 2. The van der Waals surface area contributed by atoms with E-state index in [4.69, 9.17) is 0 Å². The van der Waals surface area contributed by atoms with E-state index in [1.54, 1.807) is 11.1 Å². The molecule has 0 spiro atoms. The Morgan fingerprint density at radius 2 is 1.94 bits per heavy atom. The van der Waals surface area contributed by atoms with Crippen molar-refractivity contribution in [1.82, 2.24) is 4.98 Å². The second-order valence-corrected chi connectivity index (χ2v) is 5.40. The van der Waals surface area contributed by atoms with Crippen molar-refractivity contribution in [3.63, 3.8) is 0 Å². The SMILES string of the molecule is Cc1c2c(c(C(C)C)c3ncccc13)CCC2. The molecule has 0 unspecified atom stereocenters. The van der Waals surface area contributed by atoms with Crippen LogP contribution in [-0.2, 0) is 12.8 Å². The van der Waals surface area contributed by atoms with Crippen molar-refractivity contribution in [3.05, 3.63) is 40.6 Å². The first-order valence-corrected chi connectivity index (χ1v) is 6.59. The van der Waals surface area contributed by atoms with Crippen LogP contribution in [0, 0.1) is 6.92 Å². The van der Waals surface area contributed by atoms with Crippen molar-refractivity contribution >= 4 is 10.9 Å². The molecule has 0 aliphatic heterocycles. The summed E-state index contributed by atoms with van der Waals surface area (Å²) in [5, 5.41) is 1.36. The summed E-state index contributed by atoms with van der Waals surface area (Å²) < 4.78 is 0. The molecule has 2 aromatic rings. The van der Waals surface area contributed by atoms with Gasteiger partial charge in [0.1, 0.15) is 0 Å². The molecule has 0 saturated carbocycles. The summed E-state index contributed by atoms with van der Waals surface area (Å²) in [5.74, 6) is 0.569. The van der Waals surface area contributed by atoms with Gasteiger partial charge in [-0.05, 0) is 60.4 Å². The fourth-order valence-electron chi connectivity index (χ4n) is 3.30. The largest absolute Gasteiger partial charge is 0.256 e. The van der Waals surface area contributed by atoms with E-state index in [1.165, 1.54) is 41.3 Å². The van der Waals surface area contributed by atoms with Crippen LogP contribution in [0.4, 0.5) is 0 Å². The van der Waals surface area contributed by atoms with Crippen molar-refractivity contribution in [1.29, 1.82) is 0 Å². The Bertz CT molecular complexity index is 582. The van der Waals surface area contributed by atoms with Crippen LogP contribution in [0.15, 0.2) is 18.3 Å². The highest BCUT2D eigenvalue weighted by atomic mass is 14.7. The molecule has 1 aliphatic rings. The van der Waals surface area contributed by atoms with Crippen LogP contribution in [0.25, 0.3) is 10.9 Å². The molecule has 0 fully saturated rings. The van der Waals surface area contributed by atoms with Gasteiger partial charge >= 0.3 is 0 Å². The summed E-state index contributed by atoms with van der Waals surface area (Å²) in [6.07, 6.45) is 5.74. The van der Waals surface area contributed by atoms with Crippen LogP contribution in [0.1, 0.15) is 48.4 Å². The maximum Gasteiger partial charge on any atom is 0.0742 e. The Hall–Kier alpha value is -1.37. The quantitative estimate of drug-likeness (QED) is 0.710. The summed E-state index contributed by atoms with van der Waals surface area (Å²) in [6.45, 7) is 6.84. The van der Waals surface area contributed by atoms with Gasteiger partial charge in [0.2, 0.25) is 0 Å². The van der Waals surface area contributed by atoms with Crippen molar-refractivity contribution in [2.24, 2.45) is 0 Å². The number of hydrogen-bond acceptors (Lipinski definition) is 1. The second kappa shape index (κ2) is 3.83. The molecule has 0 N–H and O–H groups in total. The molecule has 0 atom stereocenters. The number of aromatic nitrogens is 1. The molecule has 0 radical (unpaired) electrons. The Kier molecular flexibility index (Phi) is 2.43. The van der Waals surface area contributed by atoms with Gasteiger partial charge < -0.3 is 0 Å². The highest BCUT2D eigenvalue weighted by molar-refractivity contribution is 5.88. The topological polar surface area (TPSA) is 12.9 Å². The highest BCUT2D eigenvalue weighted by Crippen LogP contribution is 2.38. The van der Waals surface area contributed by atoms with E-state index in [0.29, 0.717) is 5.92 Å². The molecule has 1 aliphatic carbocycles. The molecule has 1 aromatic heterocycles. The van der Waals surface area contributed by atoms with Gasteiger partial charge in [0, 0.05) is 11.6 Å². The lowest BCUT2D eigenvalue weighted by Gasteiger charge is -2.17. The molecule has 88 valence electrons. The summed E-state index contributed by atoms with van der Waals surface area (Å²) in [4.78, 5) is 4.64. The van der Waals surface area contributed by atoms with E-state index in [2.05, 4.69) is 37.9 Å². The molecule has 0 amide bonds. The summed E-state index contributed by atoms with van der Waals surface area (Å²) in [6, 6.07) is 4.28. The van der Waals surface area contributed by atoms with Gasteiger partial charge in [-0.15, -0.1) is 0 Å². The molecule has 1 heteroatoms. The molecule has 1 nitrogen and oxygen atoms in total. The second-order valence-electron chi connectivity index (χ2n) is 5.40. The van der Waals surface area contributed by atoms with Gasteiger partial charge in [-0.25, -0.2) is 0 Å². The molecule has 3 rings (SSSR count). The minimum absolute atomic E-state index is 0.569. The van der Waals surface area contributed by atoms with E-state index in [0.717, 1.165) is 0 Å². The summed E-state index contributed by atoms with van der Waals surface area (Å²) in [7, 11) is 0. The third-order valence-electron chi connectivity index (χ3n) is 4.04. The lowest BCUT2D eigenvalue weighted by Crippen LogP contribution is -2.01. The average Bonchev–Trinajstić information content (AvgIpc) is 2.78. The maximum atomic E-state index is 4.64. The smallest absolute Gasteiger partial charge is 0.0742 e. The van der Waals surface area contributed by atoms with Crippen LogP contribution in [-0.4, -0.2) is 4.98 Å². The summed E-state index contributed by atoms with van der Waals surface area (Å²) in [5.41, 5.74) is 7.40. The lowest BCUT2D eigenvalue weighted by atomic mass is 9.88. The molecule has 0 bridgehead atoms. The third-order valence-corrected chi connectivity index (χ3v) is 4.04. The Labute approximate surface area is 103 Å². The average molecular weight is 225 g/mol. The number of rotatable bonds is 1. The predicted octanol–water partition coefficient (Wildman–Crippen LogP) is 4.16. The van der Waals surface area contributed by atoms with Crippen LogP contribution in [0.2, 0.25) is 0 Å². The third kappa shape index (κ3) is 1.49. The molecule has 1 aromatic carbocycles. The first kappa shape index (κ1) is 10.8. The first-order chi connectivity index (χ1) is 8.20. The maximum absolute atomic E-state index is 4.64.